The maximum atomic E-state index is 14.2. The third kappa shape index (κ3) is 4.75. The molecule has 5 aromatic rings. The number of ether oxygens (including phenoxy) is 1. The normalized spacial score (nSPS) is 12.0. The summed E-state index contributed by atoms with van der Waals surface area (Å²) in [5.74, 6) is 0.670. The van der Waals surface area contributed by atoms with E-state index in [9.17, 15) is 13.2 Å². The molecule has 2 heterocycles. The summed E-state index contributed by atoms with van der Waals surface area (Å²) >= 11 is 0.970. The van der Waals surface area contributed by atoms with Crippen molar-refractivity contribution in [2.24, 2.45) is 0 Å². The van der Waals surface area contributed by atoms with Crippen molar-refractivity contribution in [3.8, 4) is 5.75 Å². The fraction of sp³-hybridized carbons (Fsp3) is 0.222. The molecule has 0 saturated carbocycles. The highest BCUT2D eigenvalue weighted by Gasteiger charge is 2.30. The van der Waals surface area contributed by atoms with E-state index in [1.54, 1.807) is 44.4 Å². The molecule has 0 fully saturated rings. The first kappa shape index (κ1) is 25.1. The molecule has 2 aromatic heterocycles. The van der Waals surface area contributed by atoms with Crippen molar-refractivity contribution in [3.63, 3.8) is 0 Å². The van der Waals surface area contributed by atoms with Crippen LogP contribution in [0.3, 0.4) is 0 Å². The van der Waals surface area contributed by atoms with Gasteiger partial charge in [0, 0.05) is 24.2 Å². The second-order valence-corrected chi connectivity index (χ2v) is 11.5. The average Bonchev–Trinajstić information content (AvgIpc) is 3.34. The zero-order valence-electron chi connectivity index (χ0n) is 20.9. The van der Waals surface area contributed by atoms with Gasteiger partial charge in [0.05, 0.1) is 18.8 Å². The molecule has 0 spiro atoms. The van der Waals surface area contributed by atoms with Crippen LogP contribution in [0.4, 0.5) is 0 Å². The Morgan fingerprint density at radius 3 is 2.38 bits per heavy atom. The summed E-state index contributed by atoms with van der Waals surface area (Å²) in [6.07, 6.45) is 0. The van der Waals surface area contributed by atoms with Crippen molar-refractivity contribution in [3.05, 3.63) is 92.8 Å². The molecule has 1 N–H and O–H groups in total. The number of hydrogen-bond acceptors (Lipinski definition) is 7. The maximum absolute atomic E-state index is 14.2. The highest BCUT2D eigenvalue weighted by atomic mass is 32.2. The molecule has 190 valence electrons. The number of hydrogen-bond donors (Lipinski definition) is 1. The summed E-state index contributed by atoms with van der Waals surface area (Å²) in [5, 5.41) is 0.849. The summed E-state index contributed by atoms with van der Waals surface area (Å²) < 4.78 is 43.5. The number of sulfonamides is 1. The van der Waals surface area contributed by atoms with Crippen LogP contribution in [0.15, 0.2) is 64.3 Å². The van der Waals surface area contributed by atoms with Gasteiger partial charge in [-0.15, -0.1) is 0 Å². The van der Waals surface area contributed by atoms with Gasteiger partial charge in [-0.05, 0) is 84.8 Å². The molecule has 0 aliphatic rings. The number of aromatic amines is 1. The van der Waals surface area contributed by atoms with Gasteiger partial charge in [-0.2, -0.15) is 13.1 Å². The average molecular weight is 535 g/mol. The van der Waals surface area contributed by atoms with Crippen LogP contribution in [0.25, 0.3) is 21.9 Å². The number of H-pyrrole nitrogens is 1. The Kier molecular flexibility index (Phi) is 6.57. The number of nitrogens with zero attached hydrogens (tertiary/aromatic N) is 3. The molecule has 0 bridgehead atoms. The minimum absolute atomic E-state index is 0.0596. The van der Waals surface area contributed by atoms with Crippen molar-refractivity contribution >= 4 is 43.7 Å². The molecule has 0 atom stereocenters. The quantitative estimate of drug-likeness (QED) is 0.320. The first-order valence-corrected chi connectivity index (χ1v) is 13.8. The minimum Gasteiger partial charge on any atom is -0.497 e. The monoisotopic (exact) mass is 534 g/mol. The molecule has 0 saturated heterocycles. The summed E-state index contributed by atoms with van der Waals surface area (Å²) in [6.45, 7) is 5.68. The number of benzene rings is 3. The van der Waals surface area contributed by atoms with E-state index in [1.807, 2.05) is 38.1 Å². The van der Waals surface area contributed by atoms with E-state index in [2.05, 4.69) is 13.7 Å². The van der Waals surface area contributed by atoms with Crippen LogP contribution in [0.5, 0.6) is 5.75 Å². The third-order valence-corrected chi connectivity index (χ3v) is 9.09. The molecule has 10 heteroatoms. The van der Waals surface area contributed by atoms with Gasteiger partial charge >= 0.3 is 0 Å². The Labute approximate surface area is 218 Å². The smallest absolute Gasteiger partial charge is 0.252 e. The number of pyridine rings is 1. The van der Waals surface area contributed by atoms with Crippen LogP contribution >= 0.6 is 11.7 Å². The van der Waals surface area contributed by atoms with Gasteiger partial charge in [0.25, 0.3) is 5.56 Å². The molecule has 0 amide bonds. The Morgan fingerprint density at radius 2 is 1.65 bits per heavy atom. The predicted octanol–water partition coefficient (Wildman–Crippen LogP) is 4.86. The van der Waals surface area contributed by atoms with Gasteiger partial charge < -0.3 is 9.72 Å². The molecular formula is C27H26N4O4S2. The fourth-order valence-corrected chi connectivity index (χ4v) is 6.73. The van der Waals surface area contributed by atoms with Gasteiger partial charge in [-0.3, -0.25) is 4.79 Å². The van der Waals surface area contributed by atoms with E-state index < -0.39 is 10.0 Å². The fourth-order valence-electron chi connectivity index (χ4n) is 4.37. The second kappa shape index (κ2) is 9.70. The standard InChI is InChI=1S/C27H26N4O4S2/c1-16-5-10-23-25(30-36-29-23)26(16)37(33,34)31(14-19-6-8-22(35-4)9-7-19)15-21-13-20-11-17(2)18(3)12-24(20)28-27(21)32/h5-13H,14-15H2,1-4H3,(H,28,32). The first-order valence-electron chi connectivity index (χ1n) is 11.7. The lowest BCUT2D eigenvalue weighted by atomic mass is 10.0. The van der Waals surface area contributed by atoms with E-state index in [0.717, 1.165) is 39.3 Å². The molecule has 3 aromatic carbocycles. The third-order valence-electron chi connectivity index (χ3n) is 6.58. The van der Waals surface area contributed by atoms with Crippen LogP contribution in [0.2, 0.25) is 0 Å². The molecule has 5 rings (SSSR count). The topological polar surface area (TPSA) is 105 Å². The van der Waals surface area contributed by atoms with Gasteiger partial charge in [0.1, 0.15) is 21.7 Å². The van der Waals surface area contributed by atoms with E-state index in [4.69, 9.17) is 4.74 Å². The summed E-state index contributed by atoms with van der Waals surface area (Å²) in [5.41, 5.74) is 5.09. The van der Waals surface area contributed by atoms with Crippen LogP contribution in [-0.4, -0.2) is 33.6 Å². The number of rotatable bonds is 7. The number of aryl methyl sites for hydroxylation is 3. The molecule has 0 aliphatic carbocycles. The summed E-state index contributed by atoms with van der Waals surface area (Å²) in [7, 11) is -2.50. The highest BCUT2D eigenvalue weighted by Crippen LogP contribution is 2.30. The summed E-state index contributed by atoms with van der Waals surface area (Å²) in [4.78, 5) is 16.1. The molecule has 0 unspecified atom stereocenters. The zero-order chi connectivity index (χ0) is 26.3. The van der Waals surface area contributed by atoms with Crippen molar-refractivity contribution in [1.82, 2.24) is 18.0 Å². The van der Waals surface area contributed by atoms with E-state index in [-0.39, 0.29) is 23.5 Å². The number of methoxy groups -OCH3 is 1. The number of nitrogens with one attached hydrogen (secondary N) is 1. The van der Waals surface area contributed by atoms with Crippen LogP contribution in [0.1, 0.15) is 27.8 Å². The maximum Gasteiger partial charge on any atom is 0.252 e. The van der Waals surface area contributed by atoms with Gasteiger partial charge in [-0.1, -0.05) is 18.2 Å². The SMILES string of the molecule is COc1ccc(CN(Cc2cc3cc(C)c(C)cc3[nH]c2=O)S(=O)(=O)c2c(C)ccc3nsnc23)cc1. The lowest BCUT2D eigenvalue weighted by molar-refractivity contribution is 0.398. The Balaban J connectivity index is 1.64. The van der Waals surface area contributed by atoms with E-state index >= 15 is 0 Å². The lowest BCUT2D eigenvalue weighted by Gasteiger charge is -2.23. The number of aromatic nitrogens is 3. The number of fused-ring (bicyclic) bond motifs is 2. The highest BCUT2D eigenvalue weighted by molar-refractivity contribution is 7.89. The molecular weight excluding hydrogens is 508 g/mol. The van der Waals surface area contributed by atoms with E-state index in [1.165, 1.54) is 4.31 Å². The van der Waals surface area contributed by atoms with Crippen molar-refractivity contribution in [1.29, 1.82) is 0 Å². The minimum atomic E-state index is -4.07. The first-order chi connectivity index (χ1) is 17.7. The van der Waals surface area contributed by atoms with E-state index in [0.29, 0.717) is 27.9 Å². The largest absolute Gasteiger partial charge is 0.497 e. The van der Waals surface area contributed by atoms with Gasteiger partial charge in [0.2, 0.25) is 10.0 Å². The Bertz CT molecular complexity index is 1790. The lowest BCUT2D eigenvalue weighted by Crippen LogP contribution is -2.33. The van der Waals surface area contributed by atoms with Crippen molar-refractivity contribution < 1.29 is 13.2 Å². The molecule has 0 aliphatic heterocycles. The molecule has 8 nitrogen and oxygen atoms in total. The molecule has 0 radical (unpaired) electrons. The van der Waals surface area contributed by atoms with Crippen LogP contribution in [0, 0.1) is 20.8 Å². The van der Waals surface area contributed by atoms with Crippen molar-refractivity contribution in [2.75, 3.05) is 7.11 Å². The van der Waals surface area contributed by atoms with Crippen LogP contribution < -0.4 is 10.3 Å². The van der Waals surface area contributed by atoms with Crippen LogP contribution in [-0.2, 0) is 23.1 Å². The van der Waals surface area contributed by atoms with Crippen molar-refractivity contribution in [2.45, 2.75) is 38.8 Å². The predicted molar refractivity (Wildman–Crippen MR) is 146 cm³/mol. The molecule has 37 heavy (non-hydrogen) atoms. The Morgan fingerprint density at radius 1 is 0.919 bits per heavy atom. The van der Waals surface area contributed by atoms with Gasteiger partial charge in [-0.25, -0.2) is 8.42 Å². The second-order valence-electron chi connectivity index (χ2n) is 9.11. The van der Waals surface area contributed by atoms with Gasteiger partial charge in [0.15, 0.2) is 0 Å². The Hall–Kier alpha value is -3.60. The zero-order valence-corrected chi connectivity index (χ0v) is 22.5. The summed E-state index contributed by atoms with van der Waals surface area (Å²) in [6, 6.07) is 16.4.